The summed E-state index contributed by atoms with van der Waals surface area (Å²) in [6.45, 7) is 3.48. The average molecular weight is 493 g/mol. The van der Waals surface area contributed by atoms with E-state index in [0.717, 1.165) is 11.1 Å². The first-order valence-corrected chi connectivity index (χ1v) is 10.6. The predicted molar refractivity (Wildman–Crippen MR) is 126 cm³/mol. The molecule has 3 aromatic rings. The number of nitrogens with zero attached hydrogens (tertiary/aromatic N) is 2. The Labute approximate surface area is 206 Å². The summed E-state index contributed by atoms with van der Waals surface area (Å²) in [5.41, 5.74) is 1.60. The molecule has 0 saturated heterocycles. The molecule has 2 atom stereocenters. The minimum Gasteiger partial charge on any atom is -0.480 e. The van der Waals surface area contributed by atoms with Crippen LogP contribution < -0.4 is 10.1 Å². The van der Waals surface area contributed by atoms with Crippen LogP contribution in [-0.4, -0.2) is 58.4 Å². The molecule has 1 amide bonds. The summed E-state index contributed by atoms with van der Waals surface area (Å²) in [4.78, 5) is 50.6. The number of methoxy groups -OCH3 is 1. The largest absolute Gasteiger partial charge is 0.480 e. The average Bonchev–Trinajstić information content (AvgIpc) is 2.86. The second-order valence-electron chi connectivity index (χ2n) is 7.68. The first-order valence-electron chi connectivity index (χ1n) is 10.6. The van der Waals surface area contributed by atoms with E-state index in [9.17, 15) is 24.3 Å². The molecule has 3 rings (SSSR count). The summed E-state index contributed by atoms with van der Waals surface area (Å²) in [7, 11) is 1.38. The van der Waals surface area contributed by atoms with E-state index in [4.69, 9.17) is 14.2 Å². The van der Waals surface area contributed by atoms with Crippen molar-refractivity contribution in [3.8, 4) is 5.88 Å². The number of aliphatic carboxylic acids is 1. The van der Waals surface area contributed by atoms with E-state index in [1.54, 1.807) is 38.1 Å². The number of nitrogens with one attached hydrogen (secondary N) is 1. The number of anilines is 1. The third-order valence-electron chi connectivity index (χ3n) is 4.85. The van der Waals surface area contributed by atoms with Gasteiger partial charge in [0.15, 0.2) is 5.82 Å². The van der Waals surface area contributed by atoms with E-state index in [1.165, 1.54) is 43.5 Å². The number of aryl methyl sites for hydroxylation is 2. The molecule has 0 fully saturated rings. The molecule has 1 heterocycles. The number of hydrogen-bond acceptors (Lipinski definition) is 9. The standard InChI is InChI=1S/C25H23N3O8/c1-14-6-4-8-16(12-14)24(32)35-20(22(29)26-18-10-11-19(34-3)28-27-18)21(23(30)31)36-25(33)17-9-5-7-15(2)13-17/h4-13,20-21H,1-3H3,(H,30,31)(H,26,27,29). The first kappa shape index (κ1) is 25.8. The summed E-state index contributed by atoms with van der Waals surface area (Å²) >= 11 is 0. The molecule has 0 aliphatic rings. The van der Waals surface area contributed by atoms with Crippen LogP contribution in [0.15, 0.2) is 60.7 Å². The zero-order chi connectivity index (χ0) is 26.2. The Kier molecular flexibility index (Phi) is 8.29. The molecular weight excluding hydrogens is 470 g/mol. The van der Waals surface area contributed by atoms with Gasteiger partial charge in [-0.05, 0) is 44.2 Å². The van der Waals surface area contributed by atoms with Crippen molar-refractivity contribution in [1.29, 1.82) is 0 Å². The maximum atomic E-state index is 13.1. The lowest BCUT2D eigenvalue weighted by Gasteiger charge is -2.23. The number of hydrogen-bond donors (Lipinski definition) is 2. The third-order valence-corrected chi connectivity index (χ3v) is 4.85. The van der Waals surface area contributed by atoms with Crippen LogP contribution in [0.3, 0.4) is 0 Å². The molecule has 2 unspecified atom stereocenters. The van der Waals surface area contributed by atoms with Crippen LogP contribution in [0, 0.1) is 13.8 Å². The van der Waals surface area contributed by atoms with Crippen molar-refractivity contribution in [3.05, 3.63) is 82.9 Å². The van der Waals surface area contributed by atoms with Gasteiger partial charge in [0, 0.05) is 6.07 Å². The van der Waals surface area contributed by atoms with Crippen molar-refractivity contribution in [3.63, 3.8) is 0 Å². The maximum Gasteiger partial charge on any atom is 0.349 e. The molecule has 2 aromatic carbocycles. The number of carboxylic acids is 1. The van der Waals surface area contributed by atoms with E-state index < -0.39 is 36.0 Å². The van der Waals surface area contributed by atoms with E-state index in [2.05, 4.69) is 15.5 Å². The molecule has 1 aromatic heterocycles. The van der Waals surface area contributed by atoms with Gasteiger partial charge in [0.2, 0.25) is 18.1 Å². The fraction of sp³-hybridized carbons (Fsp3) is 0.200. The van der Waals surface area contributed by atoms with Crippen molar-refractivity contribution >= 4 is 29.6 Å². The van der Waals surface area contributed by atoms with Gasteiger partial charge in [-0.3, -0.25) is 4.79 Å². The van der Waals surface area contributed by atoms with E-state index in [1.807, 2.05) is 0 Å². The second-order valence-corrected chi connectivity index (χ2v) is 7.68. The van der Waals surface area contributed by atoms with Crippen molar-refractivity contribution in [2.75, 3.05) is 12.4 Å². The van der Waals surface area contributed by atoms with Crippen molar-refractivity contribution in [1.82, 2.24) is 10.2 Å². The molecule has 0 bridgehead atoms. The molecule has 0 aliphatic heterocycles. The predicted octanol–water partition coefficient (Wildman–Crippen LogP) is 2.58. The van der Waals surface area contributed by atoms with Crippen LogP contribution in [0.4, 0.5) is 5.82 Å². The van der Waals surface area contributed by atoms with Crippen molar-refractivity contribution < 1.29 is 38.5 Å². The van der Waals surface area contributed by atoms with E-state index in [0.29, 0.717) is 0 Å². The second kappa shape index (κ2) is 11.6. The molecule has 0 aliphatic carbocycles. The zero-order valence-electron chi connectivity index (χ0n) is 19.6. The highest BCUT2D eigenvalue weighted by atomic mass is 16.6. The number of rotatable bonds is 9. The van der Waals surface area contributed by atoms with Gasteiger partial charge in [-0.1, -0.05) is 35.4 Å². The van der Waals surface area contributed by atoms with Gasteiger partial charge in [-0.25, -0.2) is 14.4 Å². The van der Waals surface area contributed by atoms with Crippen LogP contribution in [0.1, 0.15) is 31.8 Å². The molecule has 0 saturated carbocycles. The molecule has 2 N–H and O–H groups in total. The molecule has 186 valence electrons. The van der Waals surface area contributed by atoms with Crippen LogP contribution in [0.5, 0.6) is 5.88 Å². The Morgan fingerprint density at radius 1 is 0.806 bits per heavy atom. The van der Waals surface area contributed by atoms with Crippen LogP contribution >= 0.6 is 0 Å². The number of carboxylic acid groups (broad SMARTS) is 1. The van der Waals surface area contributed by atoms with Crippen LogP contribution in [-0.2, 0) is 19.1 Å². The fourth-order valence-electron chi connectivity index (χ4n) is 3.10. The van der Waals surface area contributed by atoms with Crippen molar-refractivity contribution in [2.24, 2.45) is 0 Å². The Balaban J connectivity index is 1.91. The highest BCUT2D eigenvalue weighted by Crippen LogP contribution is 2.17. The number of carbonyl (C=O) groups is 4. The number of esters is 2. The summed E-state index contributed by atoms with van der Waals surface area (Å²) < 4.78 is 15.3. The molecule has 11 nitrogen and oxygen atoms in total. The Morgan fingerprint density at radius 2 is 1.36 bits per heavy atom. The van der Waals surface area contributed by atoms with Gasteiger partial charge < -0.3 is 24.6 Å². The SMILES string of the molecule is COc1ccc(NC(=O)C(OC(=O)c2cccc(C)c2)C(OC(=O)c2cccc(C)c2)C(=O)O)nn1. The number of aromatic nitrogens is 2. The Hall–Kier alpha value is -4.80. The van der Waals surface area contributed by atoms with E-state index >= 15 is 0 Å². The zero-order valence-corrected chi connectivity index (χ0v) is 19.6. The number of amides is 1. The van der Waals surface area contributed by atoms with Crippen LogP contribution in [0.2, 0.25) is 0 Å². The monoisotopic (exact) mass is 493 g/mol. The lowest BCUT2D eigenvalue weighted by molar-refractivity contribution is -0.157. The lowest BCUT2D eigenvalue weighted by Crippen LogP contribution is -2.48. The van der Waals surface area contributed by atoms with Gasteiger partial charge in [0.05, 0.1) is 18.2 Å². The smallest absolute Gasteiger partial charge is 0.349 e. The van der Waals surface area contributed by atoms with Gasteiger partial charge in [-0.2, -0.15) is 0 Å². The Bertz CT molecular complexity index is 1280. The first-order chi connectivity index (χ1) is 17.2. The van der Waals surface area contributed by atoms with Crippen molar-refractivity contribution in [2.45, 2.75) is 26.1 Å². The summed E-state index contributed by atoms with van der Waals surface area (Å²) in [6.07, 6.45) is -4.23. The number of benzene rings is 2. The van der Waals surface area contributed by atoms with Gasteiger partial charge in [0.1, 0.15) is 0 Å². The van der Waals surface area contributed by atoms with Gasteiger partial charge >= 0.3 is 17.9 Å². The van der Waals surface area contributed by atoms with Gasteiger partial charge in [-0.15, -0.1) is 10.2 Å². The highest BCUT2D eigenvalue weighted by Gasteiger charge is 2.41. The topological polar surface area (TPSA) is 154 Å². The van der Waals surface area contributed by atoms with Crippen LogP contribution in [0.25, 0.3) is 0 Å². The Morgan fingerprint density at radius 3 is 1.81 bits per heavy atom. The molecular formula is C25H23N3O8. The quantitative estimate of drug-likeness (QED) is 0.425. The number of carbonyl (C=O) groups excluding carboxylic acids is 3. The normalized spacial score (nSPS) is 12.1. The lowest BCUT2D eigenvalue weighted by atomic mass is 10.1. The minimum atomic E-state index is -2.17. The molecule has 36 heavy (non-hydrogen) atoms. The van der Waals surface area contributed by atoms with Gasteiger partial charge in [0.25, 0.3) is 5.91 Å². The maximum absolute atomic E-state index is 13.1. The fourth-order valence-corrected chi connectivity index (χ4v) is 3.10. The molecule has 11 heteroatoms. The number of ether oxygens (including phenoxy) is 3. The third kappa shape index (κ3) is 6.63. The molecule has 0 spiro atoms. The summed E-state index contributed by atoms with van der Waals surface area (Å²) in [5, 5.41) is 19.6. The summed E-state index contributed by atoms with van der Waals surface area (Å²) in [5.74, 6) is -4.70. The minimum absolute atomic E-state index is 0.0615. The highest BCUT2D eigenvalue weighted by molar-refractivity contribution is 6.01. The molecule has 0 radical (unpaired) electrons. The summed E-state index contributed by atoms with van der Waals surface area (Å²) in [6, 6.07) is 15.3. The van der Waals surface area contributed by atoms with E-state index in [-0.39, 0.29) is 22.8 Å².